The number of nitrogens with one attached hydrogen (secondary N) is 2. The molecule has 18 heavy (non-hydrogen) atoms. The number of aromatic carboxylic acids is 1. The molecule has 1 fully saturated rings. The highest BCUT2D eigenvalue weighted by Crippen LogP contribution is 2.13. The lowest BCUT2D eigenvalue weighted by atomic mass is 10.3. The number of carbonyl (C=O) groups excluding carboxylic acids is 1. The molecule has 0 aromatic carbocycles. The van der Waals surface area contributed by atoms with Crippen molar-refractivity contribution in [1.82, 2.24) is 15.2 Å². The van der Waals surface area contributed by atoms with Crippen molar-refractivity contribution in [3.63, 3.8) is 0 Å². The first-order chi connectivity index (χ1) is 8.68. The van der Waals surface area contributed by atoms with E-state index in [0.717, 1.165) is 13.1 Å². The number of amides is 2. The van der Waals surface area contributed by atoms with E-state index in [9.17, 15) is 9.59 Å². The summed E-state index contributed by atoms with van der Waals surface area (Å²) in [6.07, 6.45) is 1.38. The van der Waals surface area contributed by atoms with Crippen LogP contribution in [-0.2, 0) is 0 Å². The summed E-state index contributed by atoms with van der Waals surface area (Å²) >= 11 is 0. The molecule has 1 aromatic heterocycles. The highest BCUT2D eigenvalue weighted by Gasteiger charge is 2.19. The molecule has 0 atom stereocenters. The molecule has 0 bridgehead atoms. The van der Waals surface area contributed by atoms with Gasteiger partial charge in [-0.15, -0.1) is 0 Å². The van der Waals surface area contributed by atoms with Gasteiger partial charge in [0.2, 0.25) is 0 Å². The lowest BCUT2D eigenvalue weighted by Crippen LogP contribution is -2.48. The van der Waals surface area contributed by atoms with Crippen LogP contribution in [0.25, 0.3) is 0 Å². The third-order valence-electron chi connectivity index (χ3n) is 2.66. The maximum absolute atomic E-state index is 11.9. The van der Waals surface area contributed by atoms with Crippen molar-refractivity contribution in [2.24, 2.45) is 0 Å². The number of rotatable bonds is 2. The van der Waals surface area contributed by atoms with Crippen molar-refractivity contribution < 1.29 is 14.7 Å². The number of hydrogen-bond acceptors (Lipinski definition) is 4. The standard InChI is InChI=1S/C11H14N4O3/c16-10(17)9-8(2-1-3-13-9)14-11(18)15-6-4-12-5-7-15/h1-3,12H,4-7H2,(H,14,18)(H,16,17). The fourth-order valence-electron chi connectivity index (χ4n) is 1.74. The minimum Gasteiger partial charge on any atom is -0.476 e. The molecule has 1 saturated heterocycles. The summed E-state index contributed by atoms with van der Waals surface area (Å²) in [6, 6.07) is 2.81. The molecule has 0 unspecified atom stereocenters. The molecule has 3 N–H and O–H groups in total. The number of carboxylic acid groups (broad SMARTS) is 1. The zero-order chi connectivity index (χ0) is 13.0. The van der Waals surface area contributed by atoms with Gasteiger partial charge in [0.25, 0.3) is 0 Å². The van der Waals surface area contributed by atoms with E-state index in [1.165, 1.54) is 12.3 Å². The van der Waals surface area contributed by atoms with Crippen molar-refractivity contribution in [3.05, 3.63) is 24.0 Å². The van der Waals surface area contributed by atoms with Gasteiger partial charge in [0.15, 0.2) is 5.69 Å². The summed E-state index contributed by atoms with van der Waals surface area (Å²) < 4.78 is 0. The van der Waals surface area contributed by atoms with Crippen LogP contribution in [0.3, 0.4) is 0 Å². The maximum Gasteiger partial charge on any atom is 0.356 e. The molecule has 1 aromatic rings. The Balaban J connectivity index is 2.08. The third kappa shape index (κ3) is 2.75. The molecule has 0 aliphatic carbocycles. The maximum atomic E-state index is 11.9. The summed E-state index contributed by atoms with van der Waals surface area (Å²) in [5.74, 6) is -1.16. The highest BCUT2D eigenvalue weighted by atomic mass is 16.4. The Morgan fingerprint density at radius 3 is 2.78 bits per heavy atom. The van der Waals surface area contributed by atoms with Gasteiger partial charge in [-0.1, -0.05) is 0 Å². The van der Waals surface area contributed by atoms with E-state index in [1.54, 1.807) is 11.0 Å². The number of carbonyl (C=O) groups is 2. The average molecular weight is 250 g/mol. The van der Waals surface area contributed by atoms with Crippen molar-refractivity contribution in [1.29, 1.82) is 0 Å². The molecule has 1 aliphatic rings. The Morgan fingerprint density at radius 2 is 2.11 bits per heavy atom. The fraction of sp³-hybridized carbons (Fsp3) is 0.364. The van der Waals surface area contributed by atoms with Crippen LogP contribution in [0.5, 0.6) is 0 Å². The van der Waals surface area contributed by atoms with Crippen LogP contribution in [-0.4, -0.2) is 53.2 Å². The number of nitrogens with zero attached hydrogens (tertiary/aromatic N) is 2. The summed E-state index contributed by atoms with van der Waals surface area (Å²) in [7, 11) is 0. The van der Waals surface area contributed by atoms with Gasteiger partial charge in [-0.25, -0.2) is 14.6 Å². The van der Waals surface area contributed by atoms with E-state index in [0.29, 0.717) is 13.1 Å². The van der Waals surface area contributed by atoms with Crippen LogP contribution in [0.2, 0.25) is 0 Å². The molecule has 0 radical (unpaired) electrons. The lowest BCUT2D eigenvalue weighted by Gasteiger charge is -2.27. The van der Waals surface area contributed by atoms with Gasteiger partial charge in [0.05, 0.1) is 5.69 Å². The number of hydrogen-bond donors (Lipinski definition) is 3. The third-order valence-corrected chi connectivity index (χ3v) is 2.66. The number of piperazine rings is 1. The predicted octanol–water partition coefficient (Wildman–Crippen LogP) is 0.217. The Morgan fingerprint density at radius 1 is 1.39 bits per heavy atom. The number of urea groups is 1. The summed E-state index contributed by atoms with van der Waals surface area (Å²) in [6.45, 7) is 2.70. The van der Waals surface area contributed by atoms with Crippen LogP contribution in [0, 0.1) is 0 Å². The fourth-order valence-corrected chi connectivity index (χ4v) is 1.74. The zero-order valence-electron chi connectivity index (χ0n) is 9.72. The molecular formula is C11H14N4O3. The van der Waals surface area contributed by atoms with Crippen molar-refractivity contribution in [3.8, 4) is 0 Å². The van der Waals surface area contributed by atoms with Gasteiger partial charge in [-0.05, 0) is 12.1 Å². The van der Waals surface area contributed by atoms with E-state index >= 15 is 0 Å². The van der Waals surface area contributed by atoms with Gasteiger partial charge in [0, 0.05) is 32.4 Å². The first-order valence-corrected chi connectivity index (χ1v) is 5.63. The Labute approximate surface area is 104 Å². The molecule has 2 amide bonds. The molecule has 7 nitrogen and oxygen atoms in total. The van der Waals surface area contributed by atoms with Crippen LogP contribution < -0.4 is 10.6 Å². The average Bonchev–Trinajstić information content (AvgIpc) is 2.40. The summed E-state index contributed by atoms with van der Waals surface area (Å²) in [5.41, 5.74) is 0.0644. The second-order valence-electron chi connectivity index (χ2n) is 3.87. The van der Waals surface area contributed by atoms with Gasteiger partial charge < -0.3 is 20.6 Å². The highest BCUT2D eigenvalue weighted by molar-refractivity contribution is 5.98. The number of anilines is 1. The molecule has 7 heteroatoms. The second kappa shape index (κ2) is 5.46. The smallest absolute Gasteiger partial charge is 0.356 e. The van der Waals surface area contributed by atoms with Gasteiger partial charge in [-0.3, -0.25) is 0 Å². The zero-order valence-corrected chi connectivity index (χ0v) is 9.72. The first kappa shape index (κ1) is 12.3. The first-order valence-electron chi connectivity index (χ1n) is 5.63. The Hall–Kier alpha value is -2.15. The monoisotopic (exact) mass is 250 g/mol. The quantitative estimate of drug-likeness (QED) is 0.698. The molecule has 0 spiro atoms. The van der Waals surface area contributed by atoms with Crippen molar-refractivity contribution >= 4 is 17.7 Å². The SMILES string of the molecule is O=C(O)c1ncccc1NC(=O)N1CCNCC1. The normalized spacial score (nSPS) is 15.2. The predicted molar refractivity (Wildman–Crippen MR) is 64.7 cm³/mol. The molecule has 0 saturated carbocycles. The number of aromatic nitrogens is 1. The summed E-state index contributed by atoms with van der Waals surface area (Å²) in [5, 5.41) is 14.7. The van der Waals surface area contributed by atoms with Crippen molar-refractivity contribution in [2.75, 3.05) is 31.5 Å². The minimum atomic E-state index is -1.16. The topological polar surface area (TPSA) is 94.6 Å². The molecule has 2 heterocycles. The van der Waals surface area contributed by atoms with E-state index in [1.807, 2.05) is 0 Å². The second-order valence-corrected chi connectivity index (χ2v) is 3.87. The van der Waals surface area contributed by atoms with E-state index in [4.69, 9.17) is 5.11 Å². The number of carboxylic acids is 1. The van der Waals surface area contributed by atoms with E-state index < -0.39 is 5.97 Å². The van der Waals surface area contributed by atoms with Crippen LogP contribution in [0.15, 0.2) is 18.3 Å². The Kier molecular flexibility index (Phi) is 3.73. The van der Waals surface area contributed by atoms with Crippen molar-refractivity contribution in [2.45, 2.75) is 0 Å². The van der Waals surface area contributed by atoms with Gasteiger partial charge in [0.1, 0.15) is 0 Å². The van der Waals surface area contributed by atoms with Crippen LogP contribution in [0.4, 0.5) is 10.5 Å². The van der Waals surface area contributed by atoms with E-state index in [2.05, 4.69) is 15.6 Å². The largest absolute Gasteiger partial charge is 0.476 e. The number of pyridine rings is 1. The van der Waals surface area contributed by atoms with Crippen LogP contribution in [0.1, 0.15) is 10.5 Å². The van der Waals surface area contributed by atoms with Crippen LogP contribution >= 0.6 is 0 Å². The van der Waals surface area contributed by atoms with E-state index in [-0.39, 0.29) is 17.4 Å². The molecule has 2 rings (SSSR count). The molecule has 96 valence electrons. The Bertz CT molecular complexity index is 457. The minimum absolute atomic E-state index is 0.152. The van der Waals surface area contributed by atoms with Gasteiger partial charge >= 0.3 is 12.0 Å². The summed E-state index contributed by atoms with van der Waals surface area (Å²) in [4.78, 5) is 28.2. The molecular weight excluding hydrogens is 236 g/mol. The lowest BCUT2D eigenvalue weighted by molar-refractivity contribution is 0.0691. The molecule has 1 aliphatic heterocycles. The van der Waals surface area contributed by atoms with Gasteiger partial charge in [-0.2, -0.15) is 0 Å².